The van der Waals surface area contributed by atoms with Crippen LogP contribution in [0.2, 0.25) is 0 Å². The molecule has 3 rings (SSSR count). The lowest BCUT2D eigenvalue weighted by Crippen LogP contribution is -2.23. The fraction of sp³-hybridized carbons (Fsp3) is 0.111. The molecule has 0 fully saturated rings. The molecule has 0 unspecified atom stereocenters. The smallest absolute Gasteiger partial charge is 0.252 e. The van der Waals surface area contributed by atoms with Crippen LogP contribution in [-0.4, -0.2) is 16.0 Å². The van der Waals surface area contributed by atoms with Crippen molar-refractivity contribution in [1.29, 1.82) is 0 Å². The van der Waals surface area contributed by atoms with Gasteiger partial charge in [0, 0.05) is 18.1 Å². The Bertz CT molecular complexity index is 810. The Morgan fingerprint density at radius 1 is 1.00 bits per heavy atom. The largest absolute Gasteiger partial charge is 0.392 e. The van der Waals surface area contributed by atoms with Crippen LogP contribution in [0, 0.1) is 0 Å². The fourth-order valence-corrected chi connectivity index (χ4v) is 2.45. The maximum Gasteiger partial charge on any atom is 0.252 e. The highest BCUT2D eigenvalue weighted by molar-refractivity contribution is 6.05. The summed E-state index contributed by atoms with van der Waals surface area (Å²) < 4.78 is 0. The summed E-state index contributed by atoms with van der Waals surface area (Å²) in [5.41, 5.74) is 3.14. The lowest BCUT2D eigenvalue weighted by molar-refractivity contribution is 0.0952. The zero-order chi connectivity index (χ0) is 15.4. The Morgan fingerprint density at radius 3 is 2.55 bits per heavy atom. The minimum Gasteiger partial charge on any atom is -0.392 e. The standard InChI is InChI=1S/C18H16N2O2/c21-12-14-6-2-1-5-13(14)11-20-18(22)16-9-10-19-17-8-4-3-7-15(16)17/h1-10,21H,11-12H2,(H,20,22). The van der Waals surface area contributed by atoms with Crippen molar-refractivity contribution < 1.29 is 9.90 Å². The van der Waals surface area contributed by atoms with Crippen LogP contribution in [0.4, 0.5) is 0 Å². The average molecular weight is 292 g/mol. The van der Waals surface area contributed by atoms with Crippen LogP contribution in [0.5, 0.6) is 0 Å². The highest BCUT2D eigenvalue weighted by Gasteiger charge is 2.10. The van der Waals surface area contributed by atoms with Gasteiger partial charge in [0.25, 0.3) is 5.91 Å². The molecule has 110 valence electrons. The Morgan fingerprint density at radius 2 is 1.73 bits per heavy atom. The molecule has 1 heterocycles. The number of para-hydroxylation sites is 1. The van der Waals surface area contributed by atoms with Gasteiger partial charge in [-0.05, 0) is 23.3 Å². The molecule has 0 bridgehead atoms. The van der Waals surface area contributed by atoms with Crippen LogP contribution >= 0.6 is 0 Å². The molecule has 0 saturated heterocycles. The molecule has 0 aliphatic rings. The van der Waals surface area contributed by atoms with Crippen molar-refractivity contribution in [2.45, 2.75) is 13.2 Å². The third kappa shape index (κ3) is 2.82. The monoisotopic (exact) mass is 292 g/mol. The van der Waals surface area contributed by atoms with Crippen molar-refractivity contribution >= 4 is 16.8 Å². The second-order valence-electron chi connectivity index (χ2n) is 4.99. The first-order valence-corrected chi connectivity index (χ1v) is 7.09. The molecule has 0 aliphatic heterocycles. The van der Waals surface area contributed by atoms with Gasteiger partial charge in [-0.2, -0.15) is 0 Å². The van der Waals surface area contributed by atoms with Gasteiger partial charge in [0.2, 0.25) is 0 Å². The van der Waals surface area contributed by atoms with E-state index >= 15 is 0 Å². The number of carbonyl (C=O) groups excluding carboxylic acids is 1. The number of aliphatic hydroxyl groups excluding tert-OH is 1. The number of nitrogens with one attached hydrogen (secondary N) is 1. The molecular formula is C18H16N2O2. The average Bonchev–Trinajstić information content (AvgIpc) is 2.59. The lowest BCUT2D eigenvalue weighted by atomic mass is 10.1. The zero-order valence-electron chi connectivity index (χ0n) is 12.0. The predicted molar refractivity (Wildman–Crippen MR) is 85.3 cm³/mol. The number of aliphatic hydroxyl groups is 1. The topological polar surface area (TPSA) is 62.2 Å². The SMILES string of the molecule is O=C(NCc1ccccc1CO)c1ccnc2ccccc12. The van der Waals surface area contributed by atoms with E-state index in [2.05, 4.69) is 10.3 Å². The van der Waals surface area contributed by atoms with Gasteiger partial charge in [0.1, 0.15) is 0 Å². The molecule has 0 atom stereocenters. The minimum absolute atomic E-state index is 0.0375. The van der Waals surface area contributed by atoms with Crippen LogP contribution in [0.15, 0.2) is 60.8 Å². The van der Waals surface area contributed by atoms with Gasteiger partial charge in [-0.25, -0.2) is 0 Å². The van der Waals surface area contributed by atoms with Crippen molar-refractivity contribution in [3.63, 3.8) is 0 Å². The van der Waals surface area contributed by atoms with Crippen LogP contribution in [0.1, 0.15) is 21.5 Å². The van der Waals surface area contributed by atoms with Gasteiger partial charge in [0.15, 0.2) is 0 Å². The van der Waals surface area contributed by atoms with Gasteiger partial charge < -0.3 is 10.4 Å². The lowest BCUT2D eigenvalue weighted by Gasteiger charge is -2.10. The van der Waals surface area contributed by atoms with Crippen LogP contribution in [0.3, 0.4) is 0 Å². The van der Waals surface area contributed by atoms with Gasteiger partial charge in [-0.1, -0.05) is 42.5 Å². The number of pyridine rings is 1. The van der Waals surface area contributed by atoms with Gasteiger partial charge >= 0.3 is 0 Å². The quantitative estimate of drug-likeness (QED) is 0.777. The second kappa shape index (κ2) is 6.37. The number of carbonyl (C=O) groups is 1. The van der Waals surface area contributed by atoms with Gasteiger partial charge in [-0.15, -0.1) is 0 Å². The van der Waals surface area contributed by atoms with E-state index in [1.165, 1.54) is 0 Å². The first-order chi connectivity index (χ1) is 10.8. The molecule has 3 aromatic rings. The summed E-state index contributed by atoms with van der Waals surface area (Å²) in [5, 5.41) is 13.1. The van der Waals surface area contributed by atoms with E-state index in [0.717, 1.165) is 22.0 Å². The third-order valence-corrected chi connectivity index (χ3v) is 3.62. The second-order valence-corrected chi connectivity index (χ2v) is 4.99. The van der Waals surface area contributed by atoms with Crippen molar-refractivity contribution in [3.8, 4) is 0 Å². The van der Waals surface area contributed by atoms with E-state index in [9.17, 15) is 9.90 Å². The van der Waals surface area contributed by atoms with Crippen molar-refractivity contribution in [3.05, 3.63) is 77.5 Å². The number of benzene rings is 2. The van der Waals surface area contributed by atoms with Crippen LogP contribution < -0.4 is 5.32 Å². The van der Waals surface area contributed by atoms with E-state index in [4.69, 9.17) is 0 Å². The number of rotatable bonds is 4. The summed E-state index contributed by atoms with van der Waals surface area (Å²) in [6.45, 7) is 0.344. The van der Waals surface area contributed by atoms with Crippen molar-refractivity contribution in [2.75, 3.05) is 0 Å². The number of fused-ring (bicyclic) bond motifs is 1. The molecule has 2 aromatic carbocycles. The van der Waals surface area contributed by atoms with Crippen LogP contribution in [0.25, 0.3) is 10.9 Å². The maximum atomic E-state index is 12.4. The Kier molecular flexibility index (Phi) is 4.12. The predicted octanol–water partition coefficient (Wildman–Crippen LogP) is 2.66. The molecule has 4 heteroatoms. The Balaban J connectivity index is 1.82. The van der Waals surface area contributed by atoms with Gasteiger partial charge in [0.05, 0.1) is 17.7 Å². The molecule has 2 N–H and O–H groups in total. The van der Waals surface area contributed by atoms with E-state index in [1.807, 2.05) is 48.5 Å². The molecule has 0 aliphatic carbocycles. The highest BCUT2D eigenvalue weighted by Crippen LogP contribution is 2.16. The Hall–Kier alpha value is -2.72. The zero-order valence-corrected chi connectivity index (χ0v) is 12.0. The van der Waals surface area contributed by atoms with Gasteiger partial charge in [-0.3, -0.25) is 9.78 Å². The molecule has 0 spiro atoms. The Labute approximate surface area is 128 Å². The van der Waals surface area contributed by atoms with Crippen LogP contribution in [-0.2, 0) is 13.2 Å². The number of amides is 1. The molecular weight excluding hydrogens is 276 g/mol. The number of nitrogens with zero attached hydrogens (tertiary/aromatic N) is 1. The number of hydrogen-bond donors (Lipinski definition) is 2. The summed E-state index contributed by atoms with van der Waals surface area (Å²) in [4.78, 5) is 16.7. The molecule has 0 saturated carbocycles. The number of hydrogen-bond acceptors (Lipinski definition) is 3. The van der Waals surface area contributed by atoms with E-state index in [0.29, 0.717) is 12.1 Å². The van der Waals surface area contributed by atoms with E-state index < -0.39 is 0 Å². The highest BCUT2D eigenvalue weighted by atomic mass is 16.3. The summed E-state index contributed by atoms with van der Waals surface area (Å²) in [6, 6.07) is 16.8. The molecule has 4 nitrogen and oxygen atoms in total. The number of aromatic nitrogens is 1. The third-order valence-electron chi connectivity index (χ3n) is 3.62. The van der Waals surface area contributed by atoms with Crippen molar-refractivity contribution in [1.82, 2.24) is 10.3 Å². The summed E-state index contributed by atoms with van der Waals surface area (Å²) in [6.07, 6.45) is 1.64. The minimum atomic E-state index is -0.147. The molecule has 22 heavy (non-hydrogen) atoms. The summed E-state index contributed by atoms with van der Waals surface area (Å²) in [7, 11) is 0. The normalized spacial score (nSPS) is 10.6. The molecule has 1 amide bonds. The first kappa shape index (κ1) is 14.2. The van der Waals surface area contributed by atoms with E-state index in [1.54, 1.807) is 12.3 Å². The molecule has 1 aromatic heterocycles. The van der Waals surface area contributed by atoms with E-state index in [-0.39, 0.29) is 12.5 Å². The fourth-order valence-electron chi connectivity index (χ4n) is 2.45. The summed E-state index contributed by atoms with van der Waals surface area (Å²) >= 11 is 0. The maximum absolute atomic E-state index is 12.4. The molecule has 0 radical (unpaired) electrons. The summed E-state index contributed by atoms with van der Waals surface area (Å²) in [5.74, 6) is -0.147. The first-order valence-electron chi connectivity index (χ1n) is 7.09. The van der Waals surface area contributed by atoms with Crippen molar-refractivity contribution in [2.24, 2.45) is 0 Å².